The van der Waals surface area contributed by atoms with Crippen LogP contribution in [0, 0.1) is 5.92 Å². The Bertz CT molecular complexity index is 1040. The Morgan fingerprint density at radius 2 is 1.79 bits per heavy atom. The third-order valence-corrected chi connectivity index (χ3v) is 7.66. The Hall–Kier alpha value is -2.29. The minimum absolute atomic E-state index is 0.123. The number of sulfonamides is 1. The summed E-state index contributed by atoms with van der Waals surface area (Å²) >= 11 is 5.88. The van der Waals surface area contributed by atoms with Crippen molar-refractivity contribution in [3.8, 4) is 11.5 Å². The van der Waals surface area contributed by atoms with Crippen LogP contribution in [0.3, 0.4) is 0 Å². The summed E-state index contributed by atoms with van der Waals surface area (Å²) in [6.45, 7) is 5.97. The predicted molar refractivity (Wildman–Crippen MR) is 128 cm³/mol. The number of rotatable bonds is 10. The van der Waals surface area contributed by atoms with Gasteiger partial charge in [0, 0.05) is 24.7 Å². The molecule has 1 N–H and O–H groups in total. The molecule has 0 aromatic heterocycles. The highest BCUT2D eigenvalue weighted by Crippen LogP contribution is 2.29. The van der Waals surface area contributed by atoms with Gasteiger partial charge in [-0.15, -0.1) is 0 Å². The number of nitrogens with one attached hydrogen (secondary N) is 1. The summed E-state index contributed by atoms with van der Waals surface area (Å²) < 4.78 is 38.5. The van der Waals surface area contributed by atoms with Gasteiger partial charge in [0.15, 0.2) is 11.5 Å². The van der Waals surface area contributed by atoms with E-state index >= 15 is 0 Å². The Morgan fingerprint density at radius 3 is 2.48 bits per heavy atom. The molecule has 1 aliphatic rings. The maximum atomic E-state index is 13.0. The van der Waals surface area contributed by atoms with E-state index in [0.717, 1.165) is 5.56 Å². The summed E-state index contributed by atoms with van der Waals surface area (Å²) in [4.78, 5) is 12.9. The molecule has 1 heterocycles. The number of hydrogen-bond acceptors (Lipinski definition) is 5. The Labute approximate surface area is 201 Å². The lowest BCUT2D eigenvalue weighted by atomic mass is 9.99. The van der Waals surface area contributed by atoms with Crippen LogP contribution in [0.1, 0.15) is 32.3 Å². The highest BCUT2D eigenvalue weighted by atomic mass is 35.5. The van der Waals surface area contributed by atoms with E-state index in [4.69, 9.17) is 21.1 Å². The van der Waals surface area contributed by atoms with Gasteiger partial charge in [-0.1, -0.05) is 17.7 Å². The van der Waals surface area contributed by atoms with E-state index in [1.165, 1.54) is 16.4 Å². The van der Waals surface area contributed by atoms with E-state index in [9.17, 15) is 13.2 Å². The quantitative estimate of drug-likeness (QED) is 0.541. The first-order valence-corrected chi connectivity index (χ1v) is 13.1. The van der Waals surface area contributed by atoms with Gasteiger partial charge in [0.1, 0.15) is 0 Å². The Kier molecular flexibility index (Phi) is 9.00. The van der Waals surface area contributed by atoms with Crippen LogP contribution in [0.15, 0.2) is 47.4 Å². The molecular formula is C24H31ClN2O5S. The molecular weight excluding hydrogens is 464 g/mol. The minimum Gasteiger partial charge on any atom is -0.490 e. The van der Waals surface area contributed by atoms with Gasteiger partial charge < -0.3 is 14.8 Å². The van der Waals surface area contributed by atoms with Crippen molar-refractivity contribution in [1.82, 2.24) is 9.62 Å². The van der Waals surface area contributed by atoms with E-state index in [0.29, 0.717) is 62.1 Å². The predicted octanol–water partition coefficient (Wildman–Crippen LogP) is 3.90. The summed E-state index contributed by atoms with van der Waals surface area (Å²) in [7, 11) is -3.66. The molecule has 9 heteroatoms. The number of carbonyl (C=O) groups is 1. The van der Waals surface area contributed by atoms with Crippen LogP contribution in [0.2, 0.25) is 5.02 Å². The molecule has 7 nitrogen and oxygen atoms in total. The summed E-state index contributed by atoms with van der Waals surface area (Å²) in [6.07, 6.45) is 1.94. The highest BCUT2D eigenvalue weighted by Gasteiger charge is 2.33. The van der Waals surface area contributed by atoms with Crippen LogP contribution in [0.4, 0.5) is 0 Å². The Morgan fingerprint density at radius 1 is 1.09 bits per heavy atom. The monoisotopic (exact) mass is 494 g/mol. The first kappa shape index (κ1) is 25.3. The maximum Gasteiger partial charge on any atom is 0.243 e. The zero-order valence-corrected chi connectivity index (χ0v) is 20.6. The fourth-order valence-electron chi connectivity index (χ4n) is 3.86. The van der Waals surface area contributed by atoms with E-state index in [-0.39, 0.29) is 23.3 Å². The summed E-state index contributed by atoms with van der Waals surface area (Å²) in [5, 5.41) is 3.44. The van der Waals surface area contributed by atoms with Gasteiger partial charge >= 0.3 is 0 Å². The number of halogens is 1. The molecule has 2 aromatic carbocycles. The molecule has 0 bridgehead atoms. The van der Waals surface area contributed by atoms with E-state index in [1.807, 2.05) is 32.0 Å². The maximum absolute atomic E-state index is 13.0. The second kappa shape index (κ2) is 11.7. The van der Waals surface area contributed by atoms with Crippen LogP contribution in [-0.4, -0.2) is 51.5 Å². The van der Waals surface area contributed by atoms with E-state index in [1.54, 1.807) is 12.1 Å². The van der Waals surface area contributed by atoms with Crippen LogP contribution >= 0.6 is 11.6 Å². The molecule has 180 valence electrons. The molecule has 0 saturated carbocycles. The van der Waals surface area contributed by atoms with Crippen LogP contribution in [-0.2, 0) is 21.2 Å². The SMILES string of the molecule is CCOc1ccc(CCNC(=O)[C@@H]2CCCN(S(=O)(=O)c3ccc(Cl)cc3)C2)cc1OCC. The van der Waals surface area contributed by atoms with E-state index < -0.39 is 10.0 Å². The third-order valence-electron chi connectivity index (χ3n) is 5.53. The van der Waals surface area contributed by atoms with Gasteiger partial charge in [0.25, 0.3) is 0 Å². The Balaban J connectivity index is 1.56. The molecule has 1 aliphatic heterocycles. The topological polar surface area (TPSA) is 84.9 Å². The lowest BCUT2D eigenvalue weighted by molar-refractivity contribution is -0.126. The first-order chi connectivity index (χ1) is 15.8. The van der Waals surface area contributed by atoms with Gasteiger partial charge in [0.05, 0.1) is 24.0 Å². The summed E-state index contributed by atoms with van der Waals surface area (Å²) in [5.74, 6) is 0.900. The standard InChI is InChI=1S/C24H31ClN2O5S/c1-3-31-22-12-7-18(16-23(22)32-4-2)13-14-26-24(28)19-6-5-15-27(17-19)33(29,30)21-10-8-20(25)9-11-21/h7-12,16,19H,3-6,13-15,17H2,1-2H3,(H,26,28)/t19-/m1/s1. The van der Waals surface area contributed by atoms with Crippen molar-refractivity contribution in [2.75, 3.05) is 32.8 Å². The molecule has 1 amide bonds. The first-order valence-electron chi connectivity index (χ1n) is 11.3. The van der Waals surface area contributed by atoms with Gasteiger partial charge in [-0.3, -0.25) is 4.79 Å². The fraction of sp³-hybridized carbons (Fsp3) is 0.458. The molecule has 0 aliphatic carbocycles. The number of ether oxygens (including phenoxy) is 2. The highest BCUT2D eigenvalue weighted by molar-refractivity contribution is 7.89. The number of nitrogens with zero attached hydrogens (tertiary/aromatic N) is 1. The van der Waals surface area contributed by atoms with Crippen molar-refractivity contribution in [1.29, 1.82) is 0 Å². The number of hydrogen-bond donors (Lipinski definition) is 1. The summed E-state index contributed by atoms with van der Waals surface area (Å²) in [6, 6.07) is 11.9. The van der Waals surface area contributed by atoms with Crippen molar-refractivity contribution in [3.05, 3.63) is 53.1 Å². The zero-order chi connectivity index (χ0) is 23.8. The molecule has 33 heavy (non-hydrogen) atoms. The van der Waals surface area contributed by atoms with Crippen LogP contribution < -0.4 is 14.8 Å². The van der Waals surface area contributed by atoms with Crippen molar-refractivity contribution in [2.45, 2.75) is 38.0 Å². The van der Waals surface area contributed by atoms with E-state index in [2.05, 4.69) is 5.32 Å². The molecule has 2 aromatic rings. The number of benzene rings is 2. The van der Waals surface area contributed by atoms with Gasteiger partial charge in [-0.2, -0.15) is 4.31 Å². The summed E-state index contributed by atoms with van der Waals surface area (Å²) in [5.41, 5.74) is 1.03. The lowest BCUT2D eigenvalue weighted by Crippen LogP contribution is -2.45. The van der Waals surface area contributed by atoms with Gasteiger partial charge in [-0.25, -0.2) is 8.42 Å². The molecule has 1 atom stereocenters. The van der Waals surface area contributed by atoms with Crippen LogP contribution in [0.25, 0.3) is 0 Å². The molecule has 0 spiro atoms. The molecule has 0 unspecified atom stereocenters. The number of carbonyl (C=O) groups excluding carboxylic acids is 1. The largest absolute Gasteiger partial charge is 0.490 e. The van der Waals surface area contributed by atoms with Gasteiger partial charge in [0.2, 0.25) is 15.9 Å². The fourth-order valence-corrected chi connectivity index (χ4v) is 5.51. The van der Waals surface area contributed by atoms with Crippen LogP contribution in [0.5, 0.6) is 11.5 Å². The number of amides is 1. The molecule has 0 radical (unpaired) electrons. The zero-order valence-electron chi connectivity index (χ0n) is 19.1. The van der Waals surface area contributed by atoms with Crippen molar-refractivity contribution >= 4 is 27.5 Å². The lowest BCUT2D eigenvalue weighted by Gasteiger charge is -2.31. The molecule has 1 fully saturated rings. The van der Waals surface area contributed by atoms with Crippen molar-refractivity contribution < 1.29 is 22.7 Å². The third kappa shape index (κ3) is 6.62. The average Bonchev–Trinajstić information content (AvgIpc) is 2.81. The average molecular weight is 495 g/mol. The second-order valence-corrected chi connectivity index (χ2v) is 10.2. The second-order valence-electron chi connectivity index (χ2n) is 7.84. The molecule has 3 rings (SSSR count). The van der Waals surface area contributed by atoms with Gasteiger partial charge in [-0.05, 0) is 75.1 Å². The van der Waals surface area contributed by atoms with Crippen molar-refractivity contribution in [2.24, 2.45) is 5.92 Å². The smallest absolute Gasteiger partial charge is 0.243 e. The normalized spacial score (nSPS) is 16.9. The van der Waals surface area contributed by atoms with Crippen molar-refractivity contribution in [3.63, 3.8) is 0 Å². The molecule has 1 saturated heterocycles. The minimum atomic E-state index is -3.66. The number of piperidine rings is 1.